The average Bonchev–Trinajstić information content (AvgIpc) is 2.25. The third-order valence-electron chi connectivity index (χ3n) is 2.53. The standard InChI is InChI=1S/C13H29N3O.HI/c1-7-14-12(15-9-8-11(2)3)16-10-13(4,5)17-6;/h11H,7-10H2,1-6H3,(H2,14,15,16);1H. The maximum absolute atomic E-state index is 5.35. The largest absolute Gasteiger partial charge is 0.377 e. The summed E-state index contributed by atoms with van der Waals surface area (Å²) in [5, 5.41) is 6.57. The van der Waals surface area contributed by atoms with Crippen LogP contribution in [-0.4, -0.2) is 38.3 Å². The second-order valence-corrected chi connectivity index (χ2v) is 5.27. The van der Waals surface area contributed by atoms with E-state index in [-0.39, 0.29) is 29.6 Å². The molecule has 0 aromatic carbocycles. The third-order valence-corrected chi connectivity index (χ3v) is 2.53. The maximum atomic E-state index is 5.35. The number of halogens is 1. The summed E-state index contributed by atoms with van der Waals surface area (Å²) >= 11 is 0. The van der Waals surface area contributed by atoms with Gasteiger partial charge in [-0.15, -0.1) is 24.0 Å². The fraction of sp³-hybridized carbons (Fsp3) is 0.923. The zero-order valence-electron chi connectivity index (χ0n) is 12.7. The molecule has 0 spiro atoms. The molecule has 0 radical (unpaired) electrons. The summed E-state index contributed by atoms with van der Waals surface area (Å²) in [5.41, 5.74) is -0.208. The maximum Gasteiger partial charge on any atom is 0.191 e. The summed E-state index contributed by atoms with van der Waals surface area (Å²) in [4.78, 5) is 4.52. The van der Waals surface area contributed by atoms with Crippen molar-refractivity contribution in [1.29, 1.82) is 0 Å². The number of nitrogens with zero attached hydrogens (tertiary/aromatic N) is 1. The number of aliphatic imine (C=N–C) groups is 1. The molecule has 0 aromatic heterocycles. The van der Waals surface area contributed by atoms with Crippen molar-refractivity contribution < 1.29 is 4.74 Å². The Morgan fingerprint density at radius 3 is 2.33 bits per heavy atom. The molecule has 110 valence electrons. The van der Waals surface area contributed by atoms with Crippen LogP contribution < -0.4 is 10.6 Å². The molecule has 18 heavy (non-hydrogen) atoms. The average molecular weight is 371 g/mol. The van der Waals surface area contributed by atoms with E-state index in [1.165, 1.54) is 0 Å². The number of guanidine groups is 1. The van der Waals surface area contributed by atoms with Gasteiger partial charge in [0.15, 0.2) is 5.96 Å². The van der Waals surface area contributed by atoms with E-state index in [1.807, 2.05) is 13.8 Å². The molecule has 0 rings (SSSR count). The molecule has 0 aromatic rings. The second-order valence-electron chi connectivity index (χ2n) is 5.27. The van der Waals surface area contributed by atoms with Gasteiger partial charge in [-0.25, -0.2) is 0 Å². The number of ether oxygens (including phenoxy) is 1. The zero-order valence-corrected chi connectivity index (χ0v) is 15.0. The molecule has 0 aliphatic heterocycles. The van der Waals surface area contributed by atoms with Gasteiger partial charge in [0.1, 0.15) is 0 Å². The van der Waals surface area contributed by atoms with Gasteiger partial charge in [-0.1, -0.05) is 13.8 Å². The molecule has 0 bridgehead atoms. The van der Waals surface area contributed by atoms with Gasteiger partial charge in [-0.05, 0) is 33.1 Å². The van der Waals surface area contributed by atoms with Crippen LogP contribution in [0.25, 0.3) is 0 Å². The summed E-state index contributed by atoms with van der Waals surface area (Å²) in [6.45, 7) is 13.1. The summed E-state index contributed by atoms with van der Waals surface area (Å²) in [6.07, 6.45) is 1.15. The fourth-order valence-corrected chi connectivity index (χ4v) is 1.15. The van der Waals surface area contributed by atoms with E-state index in [4.69, 9.17) is 4.74 Å². The van der Waals surface area contributed by atoms with Crippen LogP contribution in [0.1, 0.15) is 41.0 Å². The number of nitrogens with one attached hydrogen (secondary N) is 2. The van der Waals surface area contributed by atoms with E-state index >= 15 is 0 Å². The Kier molecular flexibility index (Phi) is 12.2. The monoisotopic (exact) mass is 371 g/mol. The predicted octanol–water partition coefficient (Wildman–Crippen LogP) is 2.63. The minimum Gasteiger partial charge on any atom is -0.377 e. The van der Waals surface area contributed by atoms with E-state index in [2.05, 4.69) is 36.4 Å². The van der Waals surface area contributed by atoms with Gasteiger partial charge in [-0.2, -0.15) is 0 Å². The number of hydrogen-bond donors (Lipinski definition) is 2. The number of rotatable bonds is 7. The van der Waals surface area contributed by atoms with Gasteiger partial charge in [0.2, 0.25) is 0 Å². The van der Waals surface area contributed by atoms with Crippen LogP contribution in [0, 0.1) is 5.92 Å². The first-order valence-corrected chi connectivity index (χ1v) is 6.48. The Hall–Kier alpha value is -0.0400. The smallest absolute Gasteiger partial charge is 0.191 e. The molecular weight excluding hydrogens is 341 g/mol. The van der Waals surface area contributed by atoms with Crippen molar-refractivity contribution in [3.8, 4) is 0 Å². The lowest BCUT2D eigenvalue weighted by Gasteiger charge is -2.21. The van der Waals surface area contributed by atoms with E-state index in [9.17, 15) is 0 Å². The molecule has 0 fully saturated rings. The van der Waals surface area contributed by atoms with Gasteiger partial charge >= 0.3 is 0 Å². The first-order chi connectivity index (χ1) is 7.91. The lowest BCUT2D eigenvalue weighted by atomic mass is 10.1. The topological polar surface area (TPSA) is 45.7 Å². The first-order valence-electron chi connectivity index (χ1n) is 6.48. The van der Waals surface area contributed by atoms with E-state index in [0.717, 1.165) is 25.5 Å². The molecule has 0 saturated carbocycles. The van der Waals surface area contributed by atoms with Gasteiger partial charge in [0, 0.05) is 20.2 Å². The molecule has 0 heterocycles. The Bertz CT molecular complexity index is 230. The van der Waals surface area contributed by atoms with Crippen LogP contribution in [0.4, 0.5) is 0 Å². The molecule has 0 saturated heterocycles. The summed E-state index contributed by atoms with van der Waals surface area (Å²) in [7, 11) is 1.72. The van der Waals surface area contributed by atoms with Crippen LogP contribution in [0.15, 0.2) is 4.99 Å². The highest BCUT2D eigenvalue weighted by Crippen LogP contribution is 2.06. The molecule has 0 atom stereocenters. The van der Waals surface area contributed by atoms with Crippen molar-refractivity contribution in [3.63, 3.8) is 0 Å². The van der Waals surface area contributed by atoms with Crippen molar-refractivity contribution >= 4 is 29.9 Å². The lowest BCUT2D eigenvalue weighted by Crippen LogP contribution is -2.39. The van der Waals surface area contributed by atoms with Crippen molar-refractivity contribution in [2.75, 3.05) is 26.7 Å². The molecule has 5 heteroatoms. The van der Waals surface area contributed by atoms with Gasteiger partial charge < -0.3 is 15.4 Å². The Morgan fingerprint density at radius 1 is 1.28 bits per heavy atom. The predicted molar refractivity (Wildman–Crippen MR) is 89.9 cm³/mol. The summed E-state index contributed by atoms with van der Waals surface area (Å²) in [5.74, 6) is 1.58. The van der Waals surface area contributed by atoms with Gasteiger partial charge in [-0.3, -0.25) is 4.99 Å². The molecule has 0 unspecified atom stereocenters. The summed E-state index contributed by atoms with van der Waals surface area (Å²) in [6, 6.07) is 0. The quantitative estimate of drug-likeness (QED) is 0.411. The zero-order chi connectivity index (χ0) is 13.3. The highest BCUT2D eigenvalue weighted by atomic mass is 127. The highest BCUT2D eigenvalue weighted by Gasteiger charge is 2.15. The Labute approximate surface area is 129 Å². The van der Waals surface area contributed by atoms with Gasteiger partial charge in [0.25, 0.3) is 0 Å². The van der Waals surface area contributed by atoms with E-state index in [1.54, 1.807) is 7.11 Å². The van der Waals surface area contributed by atoms with Gasteiger partial charge in [0.05, 0.1) is 12.1 Å². The fourth-order valence-electron chi connectivity index (χ4n) is 1.15. The molecule has 4 nitrogen and oxygen atoms in total. The lowest BCUT2D eigenvalue weighted by molar-refractivity contribution is 0.0310. The van der Waals surface area contributed by atoms with Crippen molar-refractivity contribution in [3.05, 3.63) is 0 Å². The van der Waals surface area contributed by atoms with Crippen molar-refractivity contribution in [2.24, 2.45) is 10.9 Å². The van der Waals surface area contributed by atoms with Crippen LogP contribution >= 0.6 is 24.0 Å². The normalized spacial score (nSPS) is 12.3. The second kappa shape index (κ2) is 10.8. The van der Waals surface area contributed by atoms with Crippen molar-refractivity contribution in [1.82, 2.24) is 10.6 Å². The SMILES string of the molecule is CCNC(=NCC(C)(C)OC)NCCC(C)C.I. The minimum absolute atomic E-state index is 0. The molecule has 2 N–H and O–H groups in total. The minimum atomic E-state index is -0.208. The first kappa shape index (κ1) is 20.3. The summed E-state index contributed by atoms with van der Waals surface area (Å²) < 4.78 is 5.35. The van der Waals surface area contributed by atoms with Crippen LogP contribution in [0.3, 0.4) is 0 Å². The highest BCUT2D eigenvalue weighted by molar-refractivity contribution is 14.0. The Morgan fingerprint density at radius 2 is 1.89 bits per heavy atom. The van der Waals surface area contributed by atoms with Crippen LogP contribution in [0.2, 0.25) is 0 Å². The van der Waals surface area contributed by atoms with Crippen molar-refractivity contribution in [2.45, 2.75) is 46.6 Å². The van der Waals surface area contributed by atoms with Crippen LogP contribution in [-0.2, 0) is 4.74 Å². The number of methoxy groups -OCH3 is 1. The van der Waals surface area contributed by atoms with Crippen LogP contribution in [0.5, 0.6) is 0 Å². The van der Waals surface area contributed by atoms with E-state index < -0.39 is 0 Å². The Balaban J connectivity index is 0. The molecule has 0 aliphatic rings. The molecule has 0 aliphatic carbocycles. The molecule has 0 amide bonds. The molecular formula is C13H30IN3O. The van der Waals surface area contributed by atoms with E-state index in [0.29, 0.717) is 12.5 Å². The third kappa shape index (κ3) is 11.1. The number of hydrogen-bond acceptors (Lipinski definition) is 2.